The molecule has 1 aromatic carbocycles. The number of ether oxygens (including phenoxy) is 2. The van der Waals surface area contributed by atoms with Crippen molar-refractivity contribution < 1.29 is 19.4 Å². The lowest BCUT2D eigenvalue weighted by molar-refractivity contribution is -0.143. The first-order chi connectivity index (χ1) is 10.1. The van der Waals surface area contributed by atoms with Crippen molar-refractivity contribution in [1.82, 2.24) is 0 Å². The molecule has 0 saturated heterocycles. The Morgan fingerprint density at radius 1 is 1.24 bits per heavy atom. The highest BCUT2D eigenvalue weighted by Crippen LogP contribution is 2.22. The van der Waals surface area contributed by atoms with Gasteiger partial charge in [0, 0.05) is 12.8 Å². The van der Waals surface area contributed by atoms with Crippen molar-refractivity contribution in [2.75, 3.05) is 13.2 Å². The largest absolute Gasteiger partial charge is 0.488 e. The number of aliphatic hydroxyl groups is 1. The third-order valence-corrected chi connectivity index (χ3v) is 3.56. The molecule has 4 heteroatoms. The monoisotopic (exact) mass is 294 g/mol. The Kier molecular flexibility index (Phi) is 7.83. The lowest BCUT2D eigenvalue weighted by Crippen LogP contribution is -2.23. The summed E-state index contributed by atoms with van der Waals surface area (Å²) < 4.78 is 10.7. The highest BCUT2D eigenvalue weighted by atomic mass is 16.5. The molecule has 21 heavy (non-hydrogen) atoms. The Morgan fingerprint density at radius 3 is 2.43 bits per heavy atom. The lowest BCUT2D eigenvalue weighted by atomic mass is 9.99. The topological polar surface area (TPSA) is 55.8 Å². The minimum atomic E-state index is -0.357. The lowest BCUT2D eigenvalue weighted by Gasteiger charge is -2.17. The van der Waals surface area contributed by atoms with Crippen molar-refractivity contribution in [1.29, 1.82) is 0 Å². The van der Waals surface area contributed by atoms with Crippen LogP contribution in [0.4, 0.5) is 0 Å². The molecule has 0 aliphatic carbocycles. The minimum absolute atomic E-state index is 0.100. The Hall–Kier alpha value is -1.55. The van der Waals surface area contributed by atoms with Crippen LogP contribution in [0.5, 0.6) is 5.75 Å². The maximum Gasteiger partial charge on any atom is 0.305 e. The van der Waals surface area contributed by atoms with Gasteiger partial charge in [0.25, 0.3) is 0 Å². The van der Waals surface area contributed by atoms with Gasteiger partial charge in [-0.1, -0.05) is 32.9 Å². The van der Waals surface area contributed by atoms with E-state index in [1.807, 2.05) is 12.1 Å². The van der Waals surface area contributed by atoms with E-state index in [0.717, 1.165) is 12.2 Å². The number of hydrogen-bond donors (Lipinski definition) is 1. The molecule has 4 nitrogen and oxygen atoms in total. The summed E-state index contributed by atoms with van der Waals surface area (Å²) in [6.45, 7) is 6.27. The van der Waals surface area contributed by atoms with Crippen molar-refractivity contribution >= 4 is 5.97 Å². The quantitative estimate of drug-likeness (QED) is 0.710. The van der Waals surface area contributed by atoms with Gasteiger partial charge in [-0.25, -0.2) is 0 Å². The summed E-state index contributed by atoms with van der Waals surface area (Å²) in [5.74, 6) is 1.02. The average Bonchev–Trinajstić information content (AvgIpc) is 2.53. The number of carbonyl (C=O) groups excluding carboxylic acids is 1. The Morgan fingerprint density at radius 2 is 1.90 bits per heavy atom. The molecule has 0 aromatic heterocycles. The van der Waals surface area contributed by atoms with Crippen molar-refractivity contribution in [2.24, 2.45) is 0 Å². The van der Waals surface area contributed by atoms with Crippen LogP contribution in [0.15, 0.2) is 24.3 Å². The van der Waals surface area contributed by atoms with E-state index < -0.39 is 0 Å². The fourth-order valence-corrected chi connectivity index (χ4v) is 1.90. The van der Waals surface area contributed by atoms with E-state index >= 15 is 0 Å². The van der Waals surface area contributed by atoms with Crippen LogP contribution in [0.1, 0.15) is 51.5 Å². The number of esters is 1. The Bertz CT molecular complexity index is 413. The highest BCUT2D eigenvalue weighted by Gasteiger charge is 2.11. The molecule has 1 aromatic rings. The molecule has 118 valence electrons. The molecule has 0 heterocycles. The molecule has 2 atom stereocenters. The highest BCUT2D eigenvalue weighted by molar-refractivity contribution is 5.68. The molecular formula is C17H26O4. The zero-order chi connectivity index (χ0) is 15.7. The second-order valence-electron chi connectivity index (χ2n) is 5.16. The van der Waals surface area contributed by atoms with Gasteiger partial charge < -0.3 is 14.6 Å². The molecule has 2 unspecified atom stereocenters. The van der Waals surface area contributed by atoms with Crippen LogP contribution in [0.3, 0.4) is 0 Å². The fourth-order valence-electron chi connectivity index (χ4n) is 1.90. The summed E-state index contributed by atoms with van der Waals surface area (Å²) in [6.07, 6.45) is 1.59. The third-order valence-electron chi connectivity index (χ3n) is 3.56. The second kappa shape index (κ2) is 9.40. The van der Waals surface area contributed by atoms with Crippen LogP contribution < -0.4 is 4.74 Å². The van der Waals surface area contributed by atoms with Gasteiger partial charge in [-0.15, -0.1) is 0 Å². The average molecular weight is 294 g/mol. The zero-order valence-corrected chi connectivity index (χ0v) is 13.2. The molecular weight excluding hydrogens is 268 g/mol. The Balaban J connectivity index is 2.47. The predicted octanol–water partition coefficient (Wildman–Crippen LogP) is 3.28. The minimum Gasteiger partial charge on any atom is -0.488 e. The zero-order valence-electron chi connectivity index (χ0n) is 13.2. The van der Waals surface area contributed by atoms with Crippen LogP contribution in [0.25, 0.3) is 0 Å². The summed E-state index contributed by atoms with van der Waals surface area (Å²) in [4.78, 5) is 11.0. The van der Waals surface area contributed by atoms with Gasteiger partial charge in [0.05, 0.1) is 13.2 Å². The molecule has 0 aliphatic heterocycles. The first-order valence-electron chi connectivity index (χ1n) is 7.63. The fraction of sp³-hybridized carbons (Fsp3) is 0.588. The molecule has 0 radical (unpaired) electrons. The predicted molar refractivity (Wildman–Crippen MR) is 82.5 cm³/mol. The SMILES string of the molecule is CCC(=O)OCCC(CO)Oc1ccc(C(C)CC)cc1. The van der Waals surface area contributed by atoms with Gasteiger partial charge in [0.1, 0.15) is 11.9 Å². The molecule has 0 amide bonds. The van der Waals surface area contributed by atoms with Crippen LogP contribution in [0, 0.1) is 0 Å². The van der Waals surface area contributed by atoms with Gasteiger partial charge >= 0.3 is 5.97 Å². The maximum atomic E-state index is 11.0. The Labute approximate surface area is 127 Å². The van der Waals surface area contributed by atoms with Crippen LogP contribution >= 0.6 is 0 Å². The molecule has 0 aliphatic rings. The van der Waals surface area contributed by atoms with Crippen LogP contribution in [-0.4, -0.2) is 30.4 Å². The standard InChI is InChI=1S/C17H26O4/c1-4-13(3)14-6-8-15(9-7-14)21-16(12-18)10-11-20-17(19)5-2/h6-9,13,16,18H,4-5,10-12H2,1-3H3. The van der Waals surface area contributed by atoms with E-state index in [4.69, 9.17) is 9.47 Å². The number of carbonyl (C=O) groups is 1. The van der Waals surface area contributed by atoms with Gasteiger partial charge in [-0.05, 0) is 30.0 Å². The van der Waals surface area contributed by atoms with Gasteiger partial charge in [0.2, 0.25) is 0 Å². The first-order valence-corrected chi connectivity index (χ1v) is 7.63. The maximum absolute atomic E-state index is 11.0. The summed E-state index contributed by atoms with van der Waals surface area (Å²) in [5.41, 5.74) is 1.28. The number of rotatable bonds is 9. The van der Waals surface area contributed by atoms with Crippen molar-refractivity contribution in [3.8, 4) is 5.75 Å². The summed E-state index contributed by atoms with van der Waals surface area (Å²) >= 11 is 0. The van der Waals surface area contributed by atoms with Crippen molar-refractivity contribution in [3.63, 3.8) is 0 Å². The molecule has 1 rings (SSSR count). The molecule has 1 N–H and O–H groups in total. The molecule has 0 bridgehead atoms. The van der Waals surface area contributed by atoms with E-state index in [-0.39, 0.29) is 25.3 Å². The summed E-state index contributed by atoms with van der Waals surface area (Å²) in [7, 11) is 0. The van der Waals surface area contributed by atoms with Gasteiger partial charge in [-0.2, -0.15) is 0 Å². The molecule has 0 saturated carbocycles. The summed E-state index contributed by atoms with van der Waals surface area (Å²) in [6, 6.07) is 7.94. The second-order valence-corrected chi connectivity index (χ2v) is 5.16. The van der Waals surface area contributed by atoms with E-state index in [0.29, 0.717) is 18.8 Å². The van der Waals surface area contributed by atoms with E-state index in [1.165, 1.54) is 5.56 Å². The molecule has 0 fully saturated rings. The number of aliphatic hydroxyl groups excluding tert-OH is 1. The van der Waals surface area contributed by atoms with E-state index in [9.17, 15) is 9.90 Å². The van der Waals surface area contributed by atoms with Crippen LogP contribution in [0.2, 0.25) is 0 Å². The van der Waals surface area contributed by atoms with Gasteiger partial charge in [-0.3, -0.25) is 4.79 Å². The number of benzene rings is 1. The summed E-state index contributed by atoms with van der Waals surface area (Å²) in [5, 5.41) is 9.33. The van der Waals surface area contributed by atoms with Gasteiger partial charge in [0.15, 0.2) is 0 Å². The third kappa shape index (κ3) is 6.17. The van der Waals surface area contributed by atoms with E-state index in [1.54, 1.807) is 6.92 Å². The normalized spacial score (nSPS) is 13.5. The van der Waals surface area contributed by atoms with E-state index in [2.05, 4.69) is 26.0 Å². The first kappa shape index (κ1) is 17.5. The number of hydrogen-bond acceptors (Lipinski definition) is 4. The molecule has 0 spiro atoms. The van der Waals surface area contributed by atoms with Crippen LogP contribution in [-0.2, 0) is 9.53 Å². The van der Waals surface area contributed by atoms with Crippen molar-refractivity contribution in [3.05, 3.63) is 29.8 Å². The smallest absolute Gasteiger partial charge is 0.305 e. The van der Waals surface area contributed by atoms with Crippen molar-refractivity contribution in [2.45, 2.75) is 52.1 Å².